The van der Waals surface area contributed by atoms with E-state index in [0.717, 1.165) is 19.3 Å². The van der Waals surface area contributed by atoms with Gasteiger partial charge in [-0.05, 0) is 31.2 Å². The molecule has 1 aromatic carbocycles. The third-order valence-electron chi connectivity index (χ3n) is 3.26. The zero-order chi connectivity index (χ0) is 15.2. The number of nitrogens with one attached hydrogen (secondary N) is 1. The molecular weight excluding hydrogens is 265 g/mol. The van der Waals surface area contributed by atoms with Crippen LogP contribution in [-0.4, -0.2) is 20.6 Å². The Morgan fingerprint density at radius 1 is 1.20 bits per heavy atom. The van der Waals surface area contributed by atoms with Crippen LogP contribution in [0.3, 0.4) is 0 Å². The molecule has 5 heteroatoms. The minimum Gasteiger partial charge on any atom is -0.374 e. The van der Waals surface area contributed by atoms with E-state index < -0.39 is 11.7 Å². The second kappa shape index (κ2) is 7.53. The number of rotatable bonds is 7. The predicted octanol–water partition coefficient (Wildman–Crippen LogP) is 4.05. The van der Waals surface area contributed by atoms with Crippen molar-refractivity contribution in [3.63, 3.8) is 0 Å². The third-order valence-corrected chi connectivity index (χ3v) is 3.26. The fourth-order valence-electron chi connectivity index (χ4n) is 2.18. The highest BCUT2D eigenvalue weighted by Gasteiger charge is 2.34. The average Bonchev–Trinajstić information content (AvgIpc) is 2.38. The maximum absolute atomic E-state index is 13.2. The molecule has 20 heavy (non-hydrogen) atoms. The van der Waals surface area contributed by atoms with Crippen LogP contribution in [0.1, 0.15) is 37.3 Å². The molecule has 114 valence electrons. The summed E-state index contributed by atoms with van der Waals surface area (Å²) in [7, 11) is 3.44. The minimum absolute atomic E-state index is 0.258. The van der Waals surface area contributed by atoms with Gasteiger partial charge in [-0.2, -0.15) is 13.2 Å². The van der Waals surface area contributed by atoms with Gasteiger partial charge in [-0.15, -0.1) is 0 Å². The summed E-state index contributed by atoms with van der Waals surface area (Å²) in [5.41, 5.74) is 0.350. The molecule has 0 unspecified atom stereocenters. The third kappa shape index (κ3) is 4.71. The van der Waals surface area contributed by atoms with Crippen molar-refractivity contribution in [3.05, 3.63) is 29.3 Å². The number of halogens is 3. The molecule has 0 spiro atoms. The maximum atomic E-state index is 13.2. The molecule has 0 saturated heterocycles. The Hall–Kier alpha value is -1.23. The number of nitrogens with zero attached hydrogens (tertiary/aromatic N) is 1. The van der Waals surface area contributed by atoms with E-state index in [9.17, 15) is 13.2 Å². The van der Waals surface area contributed by atoms with Crippen molar-refractivity contribution in [2.24, 2.45) is 0 Å². The number of benzene rings is 1. The molecule has 0 fully saturated rings. The van der Waals surface area contributed by atoms with Crippen molar-refractivity contribution < 1.29 is 13.2 Å². The van der Waals surface area contributed by atoms with Gasteiger partial charge in [0.2, 0.25) is 0 Å². The van der Waals surface area contributed by atoms with E-state index in [2.05, 4.69) is 12.2 Å². The molecule has 0 aliphatic heterocycles. The van der Waals surface area contributed by atoms with Gasteiger partial charge in [0.25, 0.3) is 0 Å². The largest absolute Gasteiger partial charge is 0.418 e. The van der Waals surface area contributed by atoms with E-state index in [1.165, 1.54) is 6.07 Å². The van der Waals surface area contributed by atoms with Gasteiger partial charge < -0.3 is 10.2 Å². The molecular formula is C15H23F3N2. The lowest BCUT2D eigenvalue weighted by atomic mass is 10.1. The van der Waals surface area contributed by atoms with Gasteiger partial charge in [0.15, 0.2) is 0 Å². The van der Waals surface area contributed by atoms with E-state index in [4.69, 9.17) is 0 Å². The smallest absolute Gasteiger partial charge is 0.374 e. The number of hydrogen-bond donors (Lipinski definition) is 1. The molecule has 0 aromatic heterocycles. The fourth-order valence-corrected chi connectivity index (χ4v) is 2.18. The highest BCUT2D eigenvalue weighted by molar-refractivity contribution is 5.56. The monoisotopic (exact) mass is 288 g/mol. The summed E-state index contributed by atoms with van der Waals surface area (Å²) in [5.74, 6) is 0. The first-order chi connectivity index (χ1) is 9.40. The molecule has 0 heterocycles. The maximum Gasteiger partial charge on any atom is 0.418 e. The second-order valence-corrected chi connectivity index (χ2v) is 5.01. The first-order valence-electron chi connectivity index (χ1n) is 6.96. The van der Waals surface area contributed by atoms with Crippen LogP contribution in [0, 0.1) is 0 Å². The van der Waals surface area contributed by atoms with E-state index in [1.807, 2.05) is 0 Å². The van der Waals surface area contributed by atoms with Crippen LogP contribution in [0.15, 0.2) is 18.2 Å². The lowest BCUT2D eigenvalue weighted by molar-refractivity contribution is -0.137. The molecule has 0 radical (unpaired) electrons. The Labute approximate surface area is 119 Å². The molecule has 0 bridgehead atoms. The van der Waals surface area contributed by atoms with Crippen molar-refractivity contribution in [1.29, 1.82) is 0 Å². The number of anilines is 1. The van der Waals surface area contributed by atoms with Gasteiger partial charge >= 0.3 is 6.18 Å². The van der Waals surface area contributed by atoms with Crippen molar-refractivity contribution in [2.75, 3.05) is 25.5 Å². The summed E-state index contributed by atoms with van der Waals surface area (Å²) in [5, 5.41) is 2.87. The van der Waals surface area contributed by atoms with E-state index >= 15 is 0 Å². The Kier molecular flexibility index (Phi) is 6.33. The fraction of sp³-hybridized carbons (Fsp3) is 0.600. The van der Waals surface area contributed by atoms with Crippen LogP contribution in [0.5, 0.6) is 0 Å². The number of alkyl halides is 3. The average molecular weight is 288 g/mol. The molecule has 0 aliphatic rings. The van der Waals surface area contributed by atoms with Gasteiger partial charge in [-0.25, -0.2) is 0 Å². The lowest BCUT2D eigenvalue weighted by Crippen LogP contribution is -2.23. The summed E-state index contributed by atoms with van der Waals surface area (Å²) in [6, 6.07) is 4.56. The Morgan fingerprint density at radius 2 is 1.90 bits per heavy atom. The molecule has 0 amide bonds. The standard InChI is InChI=1S/C15H23F3N2/c1-4-5-6-9-20(3)14-8-7-12(11-19-2)10-13(14)15(16,17)18/h7-8,10,19H,4-6,9,11H2,1-3H3. The predicted molar refractivity (Wildman–Crippen MR) is 77.0 cm³/mol. The zero-order valence-electron chi connectivity index (χ0n) is 12.3. The molecule has 0 atom stereocenters. The zero-order valence-corrected chi connectivity index (χ0v) is 12.3. The van der Waals surface area contributed by atoms with Crippen LogP contribution in [0.4, 0.5) is 18.9 Å². The van der Waals surface area contributed by atoms with Gasteiger partial charge in [0.1, 0.15) is 0 Å². The topological polar surface area (TPSA) is 15.3 Å². The second-order valence-electron chi connectivity index (χ2n) is 5.01. The molecule has 2 nitrogen and oxygen atoms in total. The van der Waals surface area contributed by atoms with Crippen LogP contribution >= 0.6 is 0 Å². The summed E-state index contributed by atoms with van der Waals surface area (Å²) < 4.78 is 39.5. The Bertz CT molecular complexity index is 416. The highest BCUT2D eigenvalue weighted by Crippen LogP contribution is 2.37. The molecule has 0 aliphatic carbocycles. The normalized spacial score (nSPS) is 11.7. The molecule has 1 N–H and O–H groups in total. The Balaban J connectivity index is 2.99. The van der Waals surface area contributed by atoms with Gasteiger partial charge in [-0.1, -0.05) is 25.8 Å². The van der Waals surface area contributed by atoms with Crippen LogP contribution < -0.4 is 10.2 Å². The first kappa shape index (κ1) is 16.8. The number of hydrogen-bond acceptors (Lipinski definition) is 2. The van der Waals surface area contributed by atoms with Crippen LogP contribution in [0.25, 0.3) is 0 Å². The van der Waals surface area contributed by atoms with Crippen molar-refractivity contribution >= 4 is 5.69 Å². The SMILES string of the molecule is CCCCCN(C)c1ccc(CNC)cc1C(F)(F)F. The minimum atomic E-state index is -4.32. The highest BCUT2D eigenvalue weighted by atomic mass is 19.4. The van der Waals surface area contributed by atoms with Crippen LogP contribution in [-0.2, 0) is 12.7 Å². The van der Waals surface area contributed by atoms with Crippen LogP contribution in [0.2, 0.25) is 0 Å². The van der Waals surface area contributed by atoms with E-state index in [1.54, 1.807) is 31.1 Å². The molecule has 0 saturated carbocycles. The van der Waals surface area contributed by atoms with E-state index in [0.29, 0.717) is 18.7 Å². The lowest BCUT2D eigenvalue weighted by Gasteiger charge is -2.24. The number of unbranched alkanes of at least 4 members (excludes halogenated alkanes) is 2. The van der Waals surface area contributed by atoms with E-state index in [-0.39, 0.29) is 5.69 Å². The van der Waals surface area contributed by atoms with Crippen molar-refractivity contribution in [2.45, 2.75) is 38.9 Å². The Morgan fingerprint density at radius 3 is 2.45 bits per heavy atom. The molecule has 1 aromatic rings. The van der Waals surface area contributed by atoms with Crippen molar-refractivity contribution in [3.8, 4) is 0 Å². The summed E-state index contributed by atoms with van der Waals surface area (Å²) in [6.07, 6.45) is -1.33. The summed E-state index contributed by atoms with van der Waals surface area (Å²) >= 11 is 0. The van der Waals surface area contributed by atoms with Crippen molar-refractivity contribution in [1.82, 2.24) is 5.32 Å². The quantitative estimate of drug-likeness (QED) is 0.761. The summed E-state index contributed by atoms with van der Waals surface area (Å²) in [6.45, 7) is 3.15. The summed E-state index contributed by atoms with van der Waals surface area (Å²) in [4.78, 5) is 1.70. The van der Waals surface area contributed by atoms with Gasteiger partial charge in [0.05, 0.1) is 5.56 Å². The van der Waals surface area contributed by atoms with Gasteiger partial charge in [0, 0.05) is 25.8 Å². The first-order valence-corrected chi connectivity index (χ1v) is 6.96. The van der Waals surface area contributed by atoms with Gasteiger partial charge in [-0.3, -0.25) is 0 Å². The molecule has 1 rings (SSSR count).